The molecular weight excluding hydrogens is 302 g/mol. The number of carbonyl (C=O) groups is 2. The van der Waals surface area contributed by atoms with Crippen molar-refractivity contribution in [1.29, 1.82) is 0 Å². The normalized spacial score (nSPS) is 15.2. The number of nitrogens with one attached hydrogen (secondary N) is 1. The molecule has 0 aromatic heterocycles. The fourth-order valence-corrected chi connectivity index (χ4v) is 3.28. The fourth-order valence-electron chi connectivity index (χ4n) is 3.28. The van der Waals surface area contributed by atoms with Gasteiger partial charge in [0.25, 0.3) is 0 Å². The Kier molecular flexibility index (Phi) is 4.38. The molecule has 1 aliphatic carbocycles. The minimum atomic E-state index is -0.463. The minimum absolute atomic E-state index is 0.00920. The number of ether oxygens (including phenoxy) is 1. The van der Waals surface area contributed by atoms with Gasteiger partial charge in [-0.2, -0.15) is 0 Å². The van der Waals surface area contributed by atoms with Crippen LogP contribution in [0.2, 0.25) is 0 Å². The average Bonchev–Trinajstić information content (AvgIpc) is 2.56. The number of amides is 1. The van der Waals surface area contributed by atoms with E-state index in [1.807, 2.05) is 43.3 Å². The molecule has 0 bridgehead atoms. The van der Waals surface area contributed by atoms with E-state index >= 15 is 0 Å². The topological polar surface area (TPSA) is 55.4 Å². The predicted octanol–water partition coefficient (Wildman–Crippen LogP) is 3.84. The Morgan fingerprint density at radius 2 is 1.75 bits per heavy atom. The fraction of sp³-hybridized carbons (Fsp3) is 0.300. The van der Waals surface area contributed by atoms with E-state index < -0.39 is 11.4 Å². The summed E-state index contributed by atoms with van der Waals surface area (Å²) < 4.78 is 4.79. The summed E-state index contributed by atoms with van der Waals surface area (Å²) in [6.07, 6.45) is 2.74. The molecule has 124 valence electrons. The lowest BCUT2D eigenvalue weighted by Crippen LogP contribution is -2.46. The number of rotatable bonds is 4. The Morgan fingerprint density at radius 1 is 1.04 bits per heavy atom. The van der Waals surface area contributed by atoms with Crippen molar-refractivity contribution in [1.82, 2.24) is 0 Å². The smallest absolute Gasteiger partial charge is 0.338 e. The number of methoxy groups -OCH3 is 1. The Labute approximate surface area is 141 Å². The van der Waals surface area contributed by atoms with E-state index in [2.05, 4.69) is 5.32 Å². The highest BCUT2D eigenvalue weighted by atomic mass is 16.5. The lowest BCUT2D eigenvalue weighted by molar-refractivity contribution is -0.124. The van der Waals surface area contributed by atoms with Crippen molar-refractivity contribution in [3.05, 3.63) is 65.2 Å². The third-order valence-corrected chi connectivity index (χ3v) is 4.96. The maximum absolute atomic E-state index is 13.0. The van der Waals surface area contributed by atoms with Crippen LogP contribution in [0, 0.1) is 6.92 Å². The van der Waals surface area contributed by atoms with Gasteiger partial charge in [0.2, 0.25) is 5.91 Å². The van der Waals surface area contributed by atoms with E-state index in [-0.39, 0.29) is 5.91 Å². The van der Waals surface area contributed by atoms with E-state index in [9.17, 15) is 9.59 Å². The van der Waals surface area contributed by atoms with Crippen LogP contribution in [0.1, 0.15) is 40.7 Å². The van der Waals surface area contributed by atoms with Gasteiger partial charge >= 0.3 is 5.97 Å². The lowest BCUT2D eigenvalue weighted by atomic mass is 9.64. The van der Waals surface area contributed by atoms with E-state index in [4.69, 9.17) is 4.74 Å². The first-order valence-corrected chi connectivity index (χ1v) is 8.13. The summed E-state index contributed by atoms with van der Waals surface area (Å²) in [7, 11) is 1.35. The molecule has 0 saturated heterocycles. The zero-order valence-electron chi connectivity index (χ0n) is 14.0. The first kappa shape index (κ1) is 16.2. The second kappa shape index (κ2) is 6.48. The van der Waals surface area contributed by atoms with Crippen molar-refractivity contribution in [2.24, 2.45) is 0 Å². The van der Waals surface area contributed by atoms with Crippen molar-refractivity contribution in [2.45, 2.75) is 31.6 Å². The van der Waals surface area contributed by atoms with Crippen LogP contribution in [-0.2, 0) is 14.9 Å². The molecular formula is C20H21NO3. The number of anilines is 1. The van der Waals surface area contributed by atoms with Gasteiger partial charge in [0, 0.05) is 5.69 Å². The van der Waals surface area contributed by atoms with Crippen LogP contribution >= 0.6 is 0 Å². The van der Waals surface area contributed by atoms with Crippen molar-refractivity contribution in [3.63, 3.8) is 0 Å². The van der Waals surface area contributed by atoms with Gasteiger partial charge in [-0.25, -0.2) is 4.79 Å². The largest absolute Gasteiger partial charge is 0.465 e. The molecule has 2 aromatic carbocycles. The maximum atomic E-state index is 13.0. The summed E-state index contributed by atoms with van der Waals surface area (Å²) in [6, 6.07) is 15.2. The van der Waals surface area contributed by atoms with Gasteiger partial charge in [-0.3, -0.25) is 4.79 Å². The molecule has 24 heavy (non-hydrogen) atoms. The minimum Gasteiger partial charge on any atom is -0.465 e. The molecule has 0 atom stereocenters. The van der Waals surface area contributed by atoms with Gasteiger partial charge in [-0.05, 0) is 43.0 Å². The van der Waals surface area contributed by atoms with E-state index in [1.165, 1.54) is 7.11 Å². The van der Waals surface area contributed by atoms with Crippen molar-refractivity contribution >= 4 is 17.6 Å². The summed E-state index contributed by atoms with van der Waals surface area (Å²) >= 11 is 0. The second-order valence-electron chi connectivity index (χ2n) is 6.23. The molecule has 2 aromatic rings. The van der Waals surface area contributed by atoms with Gasteiger partial charge < -0.3 is 10.1 Å². The highest BCUT2D eigenvalue weighted by Crippen LogP contribution is 2.44. The molecule has 0 spiro atoms. The Hall–Kier alpha value is -2.62. The third kappa shape index (κ3) is 2.68. The standard InChI is InChI=1S/C20H21NO3/c1-14-16(18(22)24-2)10-6-11-17(14)21-19(23)20(12-7-13-20)15-8-4-3-5-9-15/h3-6,8-11H,7,12-13H2,1-2H3,(H,21,23). The molecule has 1 saturated carbocycles. The van der Waals surface area contributed by atoms with Crippen LogP contribution in [0.3, 0.4) is 0 Å². The van der Waals surface area contributed by atoms with E-state index in [1.54, 1.807) is 12.1 Å². The molecule has 0 aliphatic heterocycles. The third-order valence-electron chi connectivity index (χ3n) is 4.96. The zero-order valence-corrected chi connectivity index (χ0v) is 14.0. The molecule has 1 amide bonds. The summed E-state index contributed by atoms with van der Waals surface area (Å²) in [6.45, 7) is 1.82. The van der Waals surface area contributed by atoms with E-state index in [0.29, 0.717) is 11.3 Å². The van der Waals surface area contributed by atoms with Gasteiger partial charge in [0.15, 0.2) is 0 Å². The maximum Gasteiger partial charge on any atom is 0.338 e. The van der Waals surface area contributed by atoms with Crippen LogP contribution in [0.15, 0.2) is 48.5 Å². The highest BCUT2D eigenvalue weighted by Gasteiger charge is 2.45. The molecule has 0 radical (unpaired) electrons. The molecule has 1 N–H and O–H groups in total. The van der Waals surface area contributed by atoms with Crippen LogP contribution in [0.25, 0.3) is 0 Å². The first-order chi connectivity index (χ1) is 11.6. The number of carbonyl (C=O) groups excluding carboxylic acids is 2. The average molecular weight is 323 g/mol. The molecule has 0 heterocycles. The Morgan fingerprint density at radius 3 is 2.33 bits per heavy atom. The number of hydrogen-bond donors (Lipinski definition) is 1. The molecule has 1 aliphatic rings. The molecule has 1 fully saturated rings. The van der Waals surface area contributed by atoms with Gasteiger partial charge in [-0.15, -0.1) is 0 Å². The van der Waals surface area contributed by atoms with Crippen molar-refractivity contribution in [3.8, 4) is 0 Å². The number of esters is 1. The zero-order chi connectivity index (χ0) is 17.2. The summed E-state index contributed by atoms with van der Waals surface area (Å²) in [4.78, 5) is 24.8. The molecule has 4 nitrogen and oxygen atoms in total. The number of hydrogen-bond acceptors (Lipinski definition) is 3. The first-order valence-electron chi connectivity index (χ1n) is 8.13. The quantitative estimate of drug-likeness (QED) is 0.870. The molecule has 0 unspecified atom stereocenters. The van der Waals surface area contributed by atoms with Crippen LogP contribution < -0.4 is 5.32 Å². The monoisotopic (exact) mass is 323 g/mol. The van der Waals surface area contributed by atoms with Crippen molar-refractivity contribution < 1.29 is 14.3 Å². The molecule has 4 heteroatoms. The van der Waals surface area contributed by atoms with Gasteiger partial charge in [0.05, 0.1) is 18.1 Å². The summed E-state index contributed by atoms with van der Waals surface area (Å²) in [5, 5.41) is 3.02. The lowest BCUT2D eigenvalue weighted by Gasteiger charge is -2.40. The van der Waals surface area contributed by atoms with Crippen LogP contribution in [-0.4, -0.2) is 19.0 Å². The van der Waals surface area contributed by atoms with Crippen molar-refractivity contribution in [2.75, 3.05) is 12.4 Å². The number of benzene rings is 2. The molecule has 3 rings (SSSR count). The SMILES string of the molecule is COC(=O)c1cccc(NC(=O)C2(c3ccccc3)CCC2)c1C. The Bertz CT molecular complexity index is 764. The van der Waals surface area contributed by atoms with E-state index in [0.717, 1.165) is 30.4 Å². The van der Waals surface area contributed by atoms with Gasteiger partial charge in [0.1, 0.15) is 0 Å². The predicted molar refractivity (Wildman–Crippen MR) is 93.1 cm³/mol. The highest BCUT2D eigenvalue weighted by molar-refractivity contribution is 6.02. The summed E-state index contributed by atoms with van der Waals surface area (Å²) in [5.41, 5.74) is 2.44. The van der Waals surface area contributed by atoms with Crippen LogP contribution in [0.4, 0.5) is 5.69 Å². The second-order valence-corrected chi connectivity index (χ2v) is 6.23. The van der Waals surface area contributed by atoms with Gasteiger partial charge in [-0.1, -0.05) is 42.8 Å². The Balaban J connectivity index is 1.89. The summed E-state index contributed by atoms with van der Waals surface area (Å²) in [5.74, 6) is -0.407. The van der Waals surface area contributed by atoms with Crippen LogP contribution in [0.5, 0.6) is 0 Å².